The number of amides is 1. The standard InChI is InChI=1S/C13H16ClNO/c1-10(9-14)15(12(3)16)11(2)13-7-5-4-6-8-13/h4-8,11H,1,9H2,2-3H3/t11-/m0/s1. The number of hydrogen-bond donors (Lipinski definition) is 0. The summed E-state index contributed by atoms with van der Waals surface area (Å²) in [6.07, 6.45) is 0. The first-order chi connectivity index (χ1) is 7.57. The highest BCUT2D eigenvalue weighted by atomic mass is 35.5. The second kappa shape index (κ2) is 5.71. The van der Waals surface area contributed by atoms with Crippen LogP contribution in [-0.2, 0) is 4.79 Å². The first-order valence-corrected chi connectivity index (χ1v) is 5.70. The van der Waals surface area contributed by atoms with E-state index in [1.54, 1.807) is 4.90 Å². The molecule has 0 aliphatic rings. The van der Waals surface area contributed by atoms with Gasteiger partial charge in [0, 0.05) is 12.6 Å². The van der Waals surface area contributed by atoms with E-state index in [2.05, 4.69) is 6.58 Å². The Bertz CT molecular complexity index is 375. The van der Waals surface area contributed by atoms with Gasteiger partial charge in [0.25, 0.3) is 0 Å². The van der Waals surface area contributed by atoms with Crippen LogP contribution >= 0.6 is 11.6 Å². The van der Waals surface area contributed by atoms with Crippen molar-refractivity contribution < 1.29 is 4.79 Å². The summed E-state index contributed by atoms with van der Waals surface area (Å²) in [6, 6.07) is 9.79. The van der Waals surface area contributed by atoms with Crippen molar-refractivity contribution in [2.24, 2.45) is 0 Å². The van der Waals surface area contributed by atoms with Gasteiger partial charge < -0.3 is 4.90 Å². The van der Waals surface area contributed by atoms with Gasteiger partial charge in [0.15, 0.2) is 0 Å². The van der Waals surface area contributed by atoms with E-state index in [9.17, 15) is 4.79 Å². The lowest BCUT2D eigenvalue weighted by Crippen LogP contribution is -2.31. The molecule has 0 bridgehead atoms. The largest absolute Gasteiger partial charge is 0.309 e. The molecule has 3 heteroatoms. The van der Waals surface area contributed by atoms with Crippen LogP contribution in [0.1, 0.15) is 25.5 Å². The minimum atomic E-state index is -0.0398. The average Bonchev–Trinajstić information content (AvgIpc) is 2.29. The Morgan fingerprint density at radius 1 is 1.44 bits per heavy atom. The predicted molar refractivity (Wildman–Crippen MR) is 67.2 cm³/mol. The molecule has 0 unspecified atom stereocenters. The molecule has 0 radical (unpaired) electrons. The topological polar surface area (TPSA) is 20.3 Å². The summed E-state index contributed by atoms with van der Waals surface area (Å²) < 4.78 is 0. The first kappa shape index (κ1) is 12.8. The summed E-state index contributed by atoms with van der Waals surface area (Å²) in [5.41, 5.74) is 1.70. The lowest BCUT2D eigenvalue weighted by atomic mass is 10.1. The maximum Gasteiger partial charge on any atom is 0.224 e. The smallest absolute Gasteiger partial charge is 0.224 e. The van der Waals surface area contributed by atoms with E-state index >= 15 is 0 Å². The normalized spacial score (nSPS) is 11.9. The molecule has 0 aliphatic carbocycles. The quantitative estimate of drug-likeness (QED) is 0.736. The molecule has 0 spiro atoms. The van der Waals surface area contributed by atoms with E-state index < -0.39 is 0 Å². The molecule has 0 aromatic heterocycles. The molecule has 16 heavy (non-hydrogen) atoms. The number of allylic oxidation sites excluding steroid dienone is 1. The van der Waals surface area contributed by atoms with Crippen LogP contribution in [0.2, 0.25) is 0 Å². The Balaban J connectivity index is 2.96. The van der Waals surface area contributed by atoms with Crippen LogP contribution in [0.4, 0.5) is 0 Å². The number of alkyl halides is 1. The second-order valence-electron chi connectivity index (χ2n) is 3.68. The summed E-state index contributed by atoms with van der Waals surface area (Å²) in [5.74, 6) is 0.221. The summed E-state index contributed by atoms with van der Waals surface area (Å²) in [6.45, 7) is 7.31. The van der Waals surface area contributed by atoms with E-state index in [1.165, 1.54) is 6.92 Å². The number of carbonyl (C=O) groups excluding carboxylic acids is 1. The molecule has 0 heterocycles. The summed E-state index contributed by atoms with van der Waals surface area (Å²) in [5, 5.41) is 0. The van der Waals surface area contributed by atoms with Gasteiger partial charge in [-0.25, -0.2) is 0 Å². The number of carbonyl (C=O) groups is 1. The SMILES string of the molecule is C=C(CCl)N(C(C)=O)[C@@H](C)c1ccccc1. The van der Waals surface area contributed by atoms with Crippen LogP contribution in [0.15, 0.2) is 42.6 Å². The van der Waals surface area contributed by atoms with Gasteiger partial charge in [0.1, 0.15) is 0 Å². The summed E-state index contributed by atoms with van der Waals surface area (Å²) in [7, 11) is 0. The Morgan fingerprint density at radius 3 is 2.44 bits per heavy atom. The molecule has 86 valence electrons. The lowest BCUT2D eigenvalue weighted by molar-refractivity contribution is -0.128. The first-order valence-electron chi connectivity index (χ1n) is 5.16. The summed E-state index contributed by atoms with van der Waals surface area (Å²) in [4.78, 5) is 13.2. The number of nitrogens with zero attached hydrogens (tertiary/aromatic N) is 1. The number of hydrogen-bond acceptors (Lipinski definition) is 1. The Labute approximate surface area is 102 Å². The zero-order valence-corrected chi connectivity index (χ0v) is 10.4. The fraction of sp³-hybridized carbons (Fsp3) is 0.308. The molecule has 0 fully saturated rings. The average molecular weight is 238 g/mol. The summed E-state index contributed by atoms with van der Waals surface area (Å²) >= 11 is 5.73. The number of halogens is 1. The zero-order valence-electron chi connectivity index (χ0n) is 9.61. The van der Waals surface area contributed by atoms with E-state index in [0.29, 0.717) is 5.70 Å². The molecule has 1 aromatic carbocycles. The third-order valence-corrected chi connectivity index (χ3v) is 2.81. The Hall–Kier alpha value is -1.28. The fourth-order valence-corrected chi connectivity index (χ4v) is 1.84. The molecule has 2 nitrogen and oxygen atoms in total. The van der Waals surface area contributed by atoms with E-state index in [-0.39, 0.29) is 17.8 Å². The maximum atomic E-state index is 11.6. The molecule has 1 atom stereocenters. The van der Waals surface area contributed by atoms with Crippen LogP contribution in [0, 0.1) is 0 Å². The van der Waals surface area contributed by atoms with E-state index in [4.69, 9.17) is 11.6 Å². The second-order valence-corrected chi connectivity index (χ2v) is 3.94. The van der Waals surface area contributed by atoms with E-state index in [0.717, 1.165) is 5.56 Å². The highest BCUT2D eigenvalue weighted by Gasteiger charge is 2.20. The van der Waals surface area contributed by atoms with Crippen molar-refractivity contribution in [1.82, 2.24) is 4.90 Å². The van der Waals surface area contributed by atoms with Crippen molar-refractivity contribution >= 4 is 17.5 Å². The fourth-order valence-electron chi connectivity index (χ4n) is 1.71. The molecule has 1 rings (SSSR count). The van der Waals surface area contributed by atoms with Gasteiger partial charge in [0.2, 0.25) is 5.91 Å². The van der Waals surface area contributed by atoms with Gasteiger partial charge in [-0.05, 0) is 12.5 Å². The highest BCUT2D eigenvalue weighted by molar-refractivity contribution is 6.19. The molecular weight excluding hydrogens is 222 g/mol. The van der Waals surface area contributed by atoms with E-state index in [1.807, 2.05) is 37.3 Å². The van der Waals surface area contributed by atoms with Crippen molar-refractivity contribution in [1.29, 1.82) is 0 Å². The van der Waals surface area contributed by atoms with Gasteiger partial charge >= 0.3 is 0 Å². The van der Waals surface area contributed by atoms with Gasteiger partial charge in [0.05, 0.1) is 11.9 Å². The van der Waals surface area contributed by atoms with Crippen LogP contribution in [0.25, 0.3) is 0 Å². The van der Waals surface area contributed by atoms with Crippen molar-refractivity contribution in [3.05, 3.63) is 48.2 Å². The molecular formula is C13H16ClNO. The highest BCUT2D eigenvalue weighted by Crippen LogP contribution is 2.23. The minimum absolute atomic E-state index is 0.0371. The maximum absolute atomic E-state index is 11.6. The zero-order chi connectivity index (χ0) is 12.1. The molecule has 0 aliphatic heterocycles. The minimum Gasteiger partial charge on any atom is -0.309 e. The molecule has 0 saturated carbocycles. The monoisotopic (exact) mass is 237 g/mol. The Kier molecular flexibility index (Phi) is 4.56. The number of benzene rings is 1. The number of rotatable bonds is 4. The van der Waals surface area contributed by atoms with Crippen molar-refractivity contribution in [3.8, 4) is 0 Å². The van der Waals surface area contributed by atoms with Gasteiger partial charge in [-0.15, -0.1) is 11.6 Å². The van der Waals surface area contributed by atoms with Crippen molar-refractivity contribution in [2.45, 2.75) is 19.9 Å². The van der Waals surface area contributed by atoms with Crippen LogP contribution in [0.5, 0.6) is 0 Å². The molecule has 1 amide bonds. The van der Waals surface area contributed by atoms with Gasteiger partial charge in [-0.1, -0.05) is 36.9 Å². The van der Waals surface area contributed by atoms with Gasteiger partial charge in [-0.2, -0.15) is 0 Å². The third kappa shape index (κ3) is 2.86. The predicted octanol–water partition coefficient (Wildman–Crippen LogP) is 3.35. The molecule has 1 aromatic rings. The van der Waals surface area contributed by atoms with Crippen LogP contribution in [-0.4, -0.2) is 16.7 Å². The third-order valence-electron chi connectivity index (χ3n) is 2.50. The molecule has 0 N–H and O–H groups in total. The van der Waals surface area contributed by atoms with Crippen LogP contribution < -0.4 is 0 Å². The molecule has 0 saturated heterocycles. The van der Waals surface area contributed by atoms with Gasteiger partial charge in [-0.3, -0.25) is 4.79 Å². The van der Waals surface area contributed by atoms with Crippen molar-refractivity contribution in [2.75, 3.05) is 5.88 Å². The Morgan fingerprint density at radius 2 is 2.00 bits per heavy atom. The van der Waals surface area contributed by atoms with Crippen molar-refractivity contribution in [3.63, 3.8) is 0 Å². The lowest BCUT2D eigenvalue weighted by Gasteiger charge is -2.29. The van der Waals surface area contributed by atoms with Crippen LogP contribution in [0.3, 0.4) is 0 Å².